The van der Waals surface area contributed by atoms with E-state index in [1.54, 1.807) is 0 Å². The summed E-state index contributed by atoms with van der Waals surface area (Å²) in [5.74, 6) is -0.362. The normalized spacial score (nSPS) is 32.4. The molecule has 0 aromatic heterocycles. The van der Waals surface area contributed by atoms with Gasteiger partial charge in [0.2, 0.25) is 0 Å². The highest BCUT2D eigenvalue weighted by Gasteiger charge is 2.30. The maximum Gasteiger partial charge on any atom is 0.298 e. The summed E-state index contributed by atoms with van der Waals surface area (Å²) >= 11 is 0. The zero-order valence-corrected chi connectivity index (χ0v) is 5.26. The number of aliphatic hydroxyl groups excluding tert-OH is 1. The Labute approximate surface area is 57.3 Å². The summed E-state index contributed by atoms with van der Waals surface area (Å²) < 4.78 is 0. The molecule has 1 aliphatic heterocycles. The lowest BCUT2D eigenvalue weighted by atomic mass is 10.2. The van der Waals surface area contributed by atoms with Crippen LogP contribution in [0.25, 0.3) is 0 Å². The van der Waals surface area contributed by atoms with Gasteiger partial charge in [-0.2, -0.15) is 0 Å². The van der Waals surface area contributed by atoms with Gasteiger partial charge >= 0.3 is 0 Å². The van der Waals surface area contributed by atoms with E-state index in [4.69, 9.17) is 5.11 Å². The predicted octanol–water partition coefficient (Wildman–Crippen LogP) is -3.33. The first-order chi connectivity index (χ1) is 4.75. The van der Waals surface area contributed by atoms with Crippen LogP contribution in [0.2, 0.25) is 0 Å². The second-order valence-corrected chi connectivity index (χ2v) is 2.04. The van der Waals surface area contributed by atoms with Gasteiger partial charge in [-0.25, -0.2) is 5.43 Å². The van der Waals surface area contributed by atoms with Crippen LogP contribution < -0.4 is 16.1 Å². The smallest absolute Gasteiger partial charge is 0.298 e. The van der Waals surface area contributed by atoms with Crippen molar-refractivity contribution in [2.45, 2.75) is 12.5 Å². The third-order valence-electron chi connectivity index (χ3n) is 1.36. The number of quaternary nitrogens is 1. The van der Waals surface area contributed by atoms with Crippen LogP contribution in [0.15, 0.2) is 0 Å². The Morgan fingerprint density at radius 1 is 1.80 bits per heavy atom. The lowest BCUT2D eigenvalue weighted by Crippen LogP contribution is -3.16. The molecule has 1 heterocycles. The van der Waals surface area contributed by atoms with Crippen molar-refractivity contribution in [2.24, 2.45) is 0 Å². The minimum Gasteiger partial charge on any atom is -0.611 e. The number of carbonyl (C=O) groups excluding carboxylic acids is 1. The lowest BCUT2D eigenvalue weighted by molar-refractivity contribution is -0.906. The Balaban J connectivity index is 2.46. The highest BCUT2D eigenvalue weighted by Crippen LogP contribution is 1.87. The van der Waals surface area contributed by atoms with Crippen molar-refractivity contribution < 1.29 is 15.1 Å². The van der Waals surface area contributed by atoms with Gasteiger partial charge in [0, 0.05) is 13.0 Å². The van der Waals surface area contributed by atoms with Gasteiger partial charge in [0.1, 0.15) is 0 Å². The van der Waals surface area contributed by atoms with E-state index < -0.39 is 6.04 Å². The minimum atomic E-state index is -0.704. The van der Waals surface area contributed by atoms with E-state index in [1.807, 2.05) is 0 Å². The molecule has 1 rings (SSSR count). The van der Waals surface area contributed by atoms with Crippen LogP contribution in [0.1, 0.15) is 6.42 Å². The van der Waals surface area contributed by atoms with Gasteiger partial charge in [0.05, 0.1) is 0 Å². The number of amides is 1. The first-order valence-corrected chi connectivity index (χ1v) is 2.96. The fraction of sp³-hybridized carbons (Fsp3) is 0.750. The minimum absolute atomic E-state index is 0.147. The monoisotopic (exact) mass is 147 g/mol. The SMILES string of the molecule is O=C1NN[NH+]([O-])C1CCO. The molecule has 6 heteroatoms. The van der Waals surface area contributed by atoms with Crippen LogP contribution in [0.4, 0.5) is 0 Å². The number of hydrogen-bond donors (Lipinski definition) is 4. The number of aliphatic hydroxyl groups is 1. The molecule has 6 nitrogen and oxygen atoms in total. The van der Waals surface area contributed by atoms with E-state index in [1.165, 1.54) is 0 Å². The first-order valence-electron chi connectivity index (χ1n) is 2.96. The molecule has 0 aliphatic carbocycles. The zero-order chi connectivity index (χ0) is 7.56. The van der Waals surface area contributed by atoms with Gasteiger partial charge < -0.3 is 10.3 Å². The first kappa shape index (κ1) is 7.42. The molecule has 0 aromatic carbocycles. The molecule has 0 aromatic rings. The molecular weight excluding hydrogens is 138 g/mol. The standard InChI is InChI=1S/C4H9N3O3/c8-2-1-3-4(9)5-6-7(3)10/h3,6-8H,1-2H2,(H,5,9). The Bertz CT molecular complexity index is 140. The molecule has 2 atom stereocenters. The van der Waals surface area contributed by atoms with Gasteiger partial charge in [-0.15, -0.1) is 0 Å². The summed E-state index contributed by atoms with van der Waals surface area (Å²) in [6.07, 6.45) is 0.192. The van der Waals surface area contributed by atoms with E-state index in [2.05, 4.69) is 11.0 Å². The zero-order valence-electron chi connectivity index (χ0n) is 5.26. The number of carbonyl (C=O) groups is 1. The third-order valence-corrected chi connectivity index (χ3v) is 1.36. The molecule has 2 unspecified atom stereocenters. The van der Waals surface area contributed by atoms with Crippen LogP contribution in [0.3, 0.4) is 0 Å². The van der Waals surface area contributed by atoms with E-state index in [0.29, 0.717) is 0 Å². The molecule has 0 saturated carbocycles. The van der Waals surface area contributed by atoms with Crippen LogP contribution in [0.5, 0.6) is 0 Å². The Morgan fingerprint density at radius 3 is 2.90 bits per heavy atom. The number of rotatable bonds is 2. The van der Waals surface area contributed by atoms with Crippen LogP contribution in [-0.4, -0.2) is 23.7 Å². The average Bonchev–Trinajstić information content (AvgIpc) is 2.20. The summed E-state index contributed by atoms with van der Waals surface area (Å²) in [6, 6.07) is -0.704. The van der Waals surface area contributed by atoms with Crippen LogP contribution >= 0.6 is 0 Å². The van der Waals surface area contributed by atoms with E-state index >= 15 is 0 Å². The number of nitrogens with one attached hydrogen (secondary N) is 3. The van der Waals surface area contributed by atoms with Gasteiger partial charge in [0.15, 0.2) is 6.04 Å². The summed E-state index contributed by atoms with van der Waals surface area (Å²) in [5, 5.41) is 18.7. The average molecular weight is 147 g/mol. The third kappa shape index (κ3) is 1.24. The molecule has 1 amide bonds. The van der Waals surface area contributed by atoms with Crippen molar-refractivity contribution in [3.63, 3.8) is 0 Å². The van der Waals surface area contributed by atoms with Gasteiger partial charge in [0.25, 0.3) is 5.91 Å². The molecule has 0 spiro atoms. The summed E-state index contributed by atoms with van der Waals surface area (Å²) in [4.78, 5) is 10.7. The maximum absolute atomic E-state index is 10.7. The van der Waals surface area contributed by atoms with Crippen LogP contribution in [0, 0.1) is 5.21 Å². The van der Waals surface area contributed by atoms with Crippen molar-refractivity contribution >= 4 is 5.91 Å². The number of hydroxylamine groups is 1. The Kier molecular flexibility index (Phi) is 2.17. The number of hydrogen-bond acceptors (Lipinski definition) is 4. The molecule has 0 bridgehead atoms. The molecule has 0 radical (unpaired) electrons. The van der Waals surface area contributed by atoms with Gasteiger partial charge in [-0.1, -0.05) is 5.53 Å². The highest BCUT2D eigenvalue weighted by atomic mass is 16.6. The van der Waals surface area contributed by atoms with E-state index in [0.717, 1.165) is 0 Å². The Morgan fingerprint density at radius 2 is 2.50 bits per heavy atom. The molecule has 4 N–H and O–H groups in total. The second-order valence-electron chi connectivity index (χ2n) is 2.04. The van der Waals surface area contributed by atoms with Crippen LogP contribution in [-0.2, 0) is 4.79 Å². The number of hydrazine groups is 1. The van der Waals surface area contributed by atoms with Gasteiger partial charge in [-0.3, -0.25) is 9.97 Å². The lowest BCUT2D eigenvalue weighted by Gasteiger charge is -2.17. The molecular formula is C4H9N3O3. The van der Waals surface area contributed by atoms with E-state index in [9.17, 15) is 10.0 Å². The highest BCUT2D eigenvalue weighted by molar-refractivity contribution is 5.80. The topological polar surface area (TPSA) is 88.9 Å². The quantitative estimate of drug-likeness (QED) is 0.308. The maximum atomic E-state index is 10.7. The Hall–Kier alpha value is -0.690. The molecule has 1 aliphatic rings. The van der Waals surface area contributed by atoms with Crippen molar-refractivity contribution in [2.75, 3.05) is 6.61 Å². The van der Waals surface area contributed by atoms with Crippen molar-refractivity contribution in [1.82, 2.24) is 11.0 Å². The second kappa shape index (κ2) is 2.93. The van der Waals surface area contributed by atoms with E-state index in [-0.39, 0.29) is 24.1 Å². The van der Waals surface area contributed by atoms with Gasteiger partial charge in [-0.05, 0) is 0 Å². The fourth-order valence-corrected chi connectivity index (χ4v) is 0.808. The largest absolute Gasteiger partial charge is 0.611 e. The molecule has 1 saturated heterocycles. The fourth-order valence-electron chi connectivity index (χ4n) is 0.808. The van der Waals surface area contributed by atoms with Crippen molar-refractivity contribution in [3.8, 4) is 0 Å². The summed E-state index contributed by atoms with van der Waals surface area (Å²) in [6.45, 7) is -0.147. The van der Waals surface area contributed by atoms with Crippen molar-refractivity contribution in [3.05, 3.63) is 5.21 Å². The summed E-state index contributed by atoms with van der Waals surface area (Å²) in [7, 11) is 0. The predicted molar refractivity (Wildman–Crippen MR) is 31.1 cm³/mol. The molecule has 1 fully saturated rings. The molecule has 58 valence electrons. The molecule has 10 heavy (non-hydrogen) atoms. The summed E-state index contributed by atoms with van der Waals surface area (Å²) in [5.41, 5.74) is 4.31. The van der Waals surface area contributed by atoms with Crippen molar-refractivity contribution in [1.29, 1.82) is 0 Å².